The van der Waals surface area contributed by atoms with Gasteiger partial charge in [-0.2, -0.15) is 0 Å². The second kappa shape index (κ2) is 11.5. The molecule has 0 aliphatic rings. The van der Waals surface area contributed by atoms with Crippen molar-refractivity contribution >= 4 is 5.97 Å². The molecule has 0 saturated heterocycles. The first-order chi connectivity index (χ1) is 15.8. The molecule has 0 aliphatic carbocycles. The fourth-order valence-electron chi connectivity index (χ4n) is 3.31. The van der Waals surface area contributed by atoms with Crippen molar-refractivity contribution in [2.75, 3.05) is 20.8 Å². The SMILES string of the molecule is COc1cc(CC[C@@H](O)c2cccc(OCC(=O)OC(C)(C)C)c2)c(OC(C)(C)C)cc1OC. The van der Waals surface area contributed by atoms with Crippen LogP contribution in [0.4, 0.5) is 0 Å². The van der Waals surface area contributed by atoms with Crippen molar-refractivity contribution in [3.8, 4) is 23.0 Å². The van der Waals surface area contributed by atoms with Crippen LogP contribution in [0.1, 0.15) is 65.2 Å². The fourth-order valence-corrected chi connectivity index (χ4v) is 3.31. The van der Waals surface area contributed by atoms with E-state index in [-0.39, 0.29) is 6.61 Å². The number of hydrogen-bond acceptors (Lipinski definition) is 7. The van der Waals surface area contributed by atoms with Crippen LogP contribution in [0.25, 0.3) is 0 Å². The van der Waals surface area contributed by atoms with Gasteiger partial charge >= 0.3 is 5.97 Å². The molecular weight excluding hydrogens is 436 g/mol. The zero-order valence-corrected chi connectivity index (χ0v) is 21.6. The molecule has 0 heterocycles. The minimum atomic E-state index is -0.736. The predicted octanol–water partition coefficient (Wildman–Crippen LogP) is 5.27. The van der Waals surface area contributed by atoms with Gasteiger partial charge in [0, 0.05) is 6.07 Å². The van der Waals surface area contributed by atoms with Crippen molar-refractivity contribution in [2.24, 2.45) is 0 Å². The molecule has 7 heteroatoms. The molecule has 0 spiro atoms. The van der Waals surface area contributed by atoms with Crippen molar-refractivity contribution in [1.82, 2.24) is 0 Å². The summed E-state index contributed by atoms with van der Waals surface area (Å²) in [6.45, 7) is 11.1. The molecule has 0 amide bonds. The smallest absolute Gasteiger partial charge is 0.344 e. The van der Waals surface area contributed by atoms with E-state index < -0.39 is 23.3 Å². The Labute approximate surface area is 202 Å². The van der Waals surface area contributed by atoms with Crippen molar-refractivity contribution in [1.29, 1.82) is 0 Å². The third-order valence-corrected chi connectivity index (χ3v) is 4.69. The van der Waals surface area contributed by atoms with Crippen molar-refractivity contribution in [3.05, 3.63) is 47.5 Å². The monoisotopic (exact) mass is 474 g/mol. The van der Waals surface area contributed by atoms with E-state index in [1.54, 1.807) is 53.2 Å². The average molecular weight is 475 g/mol. The summed E-state index contributed by atoms with van der Waals surface area (Å²) in [4.78, 5) is 11.9. The van der Waals surface area contributed by atoms with Crippen LogP contribution >= 0.6 is 0 Å². The van der Waals surface area contributed by atoms with Crippen LogP contribution in [0, 0.1) is 0 Å². The van der Waals surface area contributed by atoms with E-state index in [4.69, 9.17) is 23.7 Å². The standard InChI is InChI=1S/C27H38O7/c1-26(2,3)33-22-16-24(31-8)23(30-7)15-19(22)12-13-21(28)18-10-9-11-20(14-18)32-17-25(29)34-27(4,5)6/h9-11,14-16,21,28H,12-13,17H2,1-8H3/t21-/m1/s1. The second-order valence-corrected chi connectivity index (χ2v) is 10.0. The molecule has 34 heavy (non-hydrogen) atoms. The lowest BCUT2D eigenvalue weighted by Gasteiger charge is -2.25. The first-order valence-corrected chi connectivity index (χ1v) is 11.4. The number of hydrogen-bond donors (Lipinski definition) is 1. The van der Waals surface area contributed by atoms with Crippen LogP contribution < -0.4 is 18.9 Å². The number of esters is 1. The van der Waals surface area contributed by atoms with Gasteiger partial charge in [0.25, 0.3) is 0 Å². The molecule has 0 bridgehead atoms. The van der Waals surface area contributed by atoms with E-state index in [0.29, 0.717) is 41.4 Å². The molecule has 2 aromatic carbocycles. The third-order valence-electron chi connectivity index (χ3n) is 4.69. The molecule has 188 valence electrons. The summed E-state index contributed by atoms with van der Waals surface area (Å²) >= 11 is 0. The normalized spacial score (nSPS) is 12.6. The first kappa shape index (κ1) is 27.3. The van der Waals surface area contributed by atoms with Gasteiger partial charge in [0.05, 0.1) is 20.3 Å². The van der Waals surface area contributed by atoms with Gasteiger partial charge < -0.3 is 28.8 Å². The summed E-state index contributed by atoms with van der Waals surface area (Å²) in [5, 5.41) is 10.8. The van der Waals surface area contributed by atoms with Crippen molar-refractivity contribution in [3.63, 3.8) is 0 Å². The molecule has 7 nitrogen and oxygen atoms in total. The van der Waals surface area contributed by atoms with E-state index in [2.05, 4.69) is 0 Å². The number of aliphatic hydroxyl groups is 1. The average Bonchev–Trinajstić information content (AvgIpc) is 2.74. The fraction of sp³-hybridized carbons (Fsp3) is 0.519. The Morgan fingerprint density at radius 2 is 1.56 bits per heavy atom. The van der Waals surface area contributed by atoms with Gasteiger partial charge in [0.1, 0.15) is 22.7 Å². The van der Waals surface area contributed by atoms with E-state index in [1.807, 2.05) is 39.0 Å². The number of benzene rings is 2. The molecule has 0 aliphatic heterocycles. The summed E-state index contributed by atoms with van der Waals surface area (Å²) in [5.74, 6) is 1.92. The first-order valence-electron chi connectivity index (χ1n) is 11.4. The lowest BCUT2D eigenvalue weighted by Crippen LogP contribution is -2.27. The van der Waals surface area contributed by atoms with Crippen molar-refractivity contribution < 1.29 is 33.6 Å². The molecular formula is C27H38O7. The quantitative estimate of drug-likeness (QED) is 0.470. The Balaban J connectivity index is 2.11. The van der Waals surface area contributed by atoms with Gasteiger partial charge in [-0.3, -0.25) is 0 Å². The van der Waals surface area contributed by atoms with Gasteiger partial charge in [-0.1, -0.05) is 12.1 Å². The van der Waals surface area contributed by atoms with Gasteiger partial charge in [0.2, 0.25) is 0 Å². The van der Waals surface area contributed by atoms with E-state index in [9.17, 15) is 9.90 Å². The summed E-state index contributed by atoms with van der Waals surface area (Å²) < 4.78 is 27.8. The van der Waals surface area contributed by atoms with Gasteiger partial charge in [0.15, 0.2) is 18.1 Å². The number of carbonyl (C=O) groups is 1. The Morgan fingerprint density at radius 3 is 2.15 bits per heavy atom. The number of methoxy groups -OCH3 is 2. The molecule has 2 aromatic rings. The Hall–Kier alpha value is -2.93. The zero-order chi connectivity index (χ0) is 25.5. The maximum atomic E-state index is 11.9. The Morgan fingerprint density at radius 1 is 0.912 bits per heavy atom. The van der Waals surface area contributed by atoms with Crippen LogP contribution in [-0.2, 0) is 16.0 Å². The summed E-state index contributed by atoms with van der Waals surface area (Å²) in [6, 6.07) is 10.8. The van der Waals surface area contributed by atoms with Crippen molar-refractivity contribution in [2.45, 2.75) is 71.7 Å². The van der Waals surface area contributed by atoms with E-state index in [1.165, 1.54) is 0 Å². The Kier molecular flexibility index (Phi) is 9.21. The van der Waals surface area contributed by atoms with Gasteiger partial charge in [-0.25, -0.2) is 4.79 Å². The highest BCUT2D eigenvalue weighted by atomic mass is 16.6. The largest absolute Gasteiger partial charge is 0.493 e. The predicted molar refractivity (Wildman–Crippen MR) is 131 cm³/mol. The summed E-state index contributed by atoms with van der Waals surface area (Å²) in [7, 11) is 3.17. The lowest BCUT2D eigenvalue weighted by molar-refractivity contribution is -0.157. The number of aryl methyl sites for hydroxylation is 1. The van der Waals surface area contributed by atoms with Crippen LogP contribution in [0.2, 0.25) is 0 Å². The molecule has 0 aromatic heterocycles. The number of carbonyl (C=O) groups excluding carboxylic acids is 1. The van der Waals surface area contributed by atoms with Crippen LogP contribution in [0.15, 0.2) is 36.4 Å². The van der Waals surface area contributed by atoms with Crippen LogP contribution in [0.5, 0.6) is 23.0 Å². The lowest BCUT2D eigenvalue weighted by atomic mass is 10.00. The molecule has 2 rings (SSSR count). The third kappa shape index (κ3) is 8.78. The molecule has 0 radical (unpaired) electrons. The van der Waals surface area contributed by atoms with Gasteiger partial charge in [-0.15, -0.1) is 0 Å². The summed E-state index contributed by atoms with van der Waals surface area (Å²) in [6.07, 6.45) is 0.266. The highest BCUT2D eigenvalue weighted by Gasteiger charge is 2.20. The maximum Gasteiger partial charge on any atom is 0.344 e. The van der Waals surface area contributed by atoms with Gasteiger partial charge in [-0.05, 0) is 83.7 Å². The highest BCUT2D eigenvalue weighted by molar-refractivity contribution is 5.71. The molecule has 0 fully saturated rings. The topological polar surface area (TPSA) is 83.5 Å². The zero-order valence-electron chi connectivity index (χ0n) is 21.6. The second-order valence-electron chi connectivity index (χ2n) is 10.0. The number of ether oxygens (including phenoxy) is 5. The minimum Gasteiger partial charge on any atom is -0.493 e. The molecule has 1 atom stereocenters. The molecule has 0 unspecified atom stereocenters. The highest BCUT2D eigenvalue weighted by Crippen LogP contribution is 2.37. The minimum absolute atomic E-state index is 0.198. The molecule has 0 saturated carbocycles. The van der Waals surface area contributed by atoms with E-state index >= 15 is 0 Å². The van der Waals surface area contributed by atoms with Crippen LogP contribution in [0.3, 0.4) is 0 Å². The van der Waals surface area contributed by atoms with Crippen LogP contribution in [-0.4, -0.2) is 43.1 Å². The Bertz CT molecular complexity index is 954. The summed E-state index contributed by atoms with van der Waals surface area (Å²) in [5.41, 5.74) is 0.634. The van der Waals surface area contributed by atoms with E-state index in [0.717, 1.165) is 5.56 Å². The maximum absolute atomic E-state index is 11.9. The molecule has 1 N–H and O–H groups in total. The number of aliphatic hydroxyl groups excluding tert-OH is 1. The number of rotatable bonds is 10.